The standard InChI is InChI=1S/C16H21NO4S/c18-16(19)13-7-9-14(10-8-13)22(20,21)17-11-3-6-15(17)12-4-1-2-5-12/h7-10,12,15H,1-6,11H2,(H,18,19). The van der Waals surface area contributed by atoms with Crippen molar-refractivity contribution >= 4 is 16.0 Å². The summed E-state index contributed by atoms with van der Waals surface area (Å²) in [5.74, 6) is -0.565. The quantitative estimate of drug-likeness (QED) is 0.924. The van der Waals surface area contributed by atoms with Gasteiger partial charge in [0.15, 0.2) is 0 Å². The summed E-state index contributed by atoms with van der Waals surface area (Å²) in [6.07, 6.45) is 6.48. The Balaban J connectivity index is 1.86. The molecule has 1 unspecified atom stereocenters. The predicted molar refractivity (Wildman–Crippen MR) is 82.3 cm³/mol. The number of hydrogen-bond acceptors (Lipinski definition) is 3. The van der Waals surface area contributed by atoms with Crippen LogP contribution in [0.4, 0.5) is 0 Å². The molecule has 2 fully saturated rings. The number of nitrogens with zero attached hydrogens (tertiary/aromatic N) is 1. The minimum atomic E-state index is -3.53. The maximum Gasteiger partial charge on any atom is 0.335 e. The van der Waals surface area contributed by atoms with Gasteiger partial charge in [-0.3, -0.25) is 0 Å². The van der Waals surface area contributed by atoms with Crippen molar-refractivity contribution in [3.63, 3.8) is 0 Å². The monoisotopic (exact) mass is 323 g/mol. The van der Waals surface area contributed by atoms with Crippen molar-refractivity contribution in [3.8, 4) is 0 Å². The van der Waals surface area contributed by atoms with E-state index in [-0.39, 0.29) is 16.5 Å². The molecule has 1 saturated carbocycles. The van der Waals surface area contributed by atoms with Gasteiger partial charge < -0.3 is 5.11 Å². The van der Waals surface area contributed by atoms with Gasteiger partial charge in [-0.1, -0.05) is 12.8 Å². The lowest BCUT2D eigenvalue weighted by atomic mass is 9.97. The molecule has 1 aromatic carbocycles. The zero-order valence-corrected chi connectivity index (χ0v) is 13.3. The predicted octanol–water partition coefficient (Wildman–Crippen LogP) is 2.73. The van der Waals surface area contributed by atoms with Gasteiger partial charge in [-0.15, -0.1) is 0 Å². The highest BCUT2D eigenvalue weighted by Crippen LogP contribution is 2.38. The van der Waals surface area contributed by atoms with E-state index in [0.29, 0.717) is 12.5 Å². The second-order valence-electron chi connectivity index (χ2n) is 6.20. The first-order chi connectivity index (χ1) is 10.5. The van der Waals surface area contributed by atoms with E-state index in [1.54, 1.807) is 4.31 Å². The fourth-order valence-corrected chi connectivity index (χ4v) is 5.54. The molecule has 1 aromatic rings. The van der Waals surface area contributed by atoms with Crippen molar-refractivity contribution in [1.29, 1.82) is 0 Å². The molecule has 1 atom stereocenters. The van der Waals surface area contributed by atoms with Crippen LogP contribution in [0.25, 0.3) is 0 Å². The van der Waals surface area contributed by atoms with E-state index in [0.717, 1.165) is 25.7 Å². The van der Waals surface area contributed by atoms with Gasteiger partial charge in [0.2, 0.25) is 10.0 Å². The number of carboxylic acids is 1. The highest BCUT2D eigenvalue weighted by Gasteiger charge is 2.40. The van der Waals surface area contributed by atoms with E-state index < -0.39 is 16.0 Å². The normalized spacial score (nSPS) is 23.9. The summed E-state index contributed by atoms with van der Waals surface area (Å²) in [4.78, 5) is 11.1. The lowest BCUT2D eigenvalue weighted by Gasteiger charge is -2.28. The zero-order chi connectivity index (χ0) is 15.7. The van der Waals surface area contributed by atoms with Gasteiger partial charge in [-0.25, -0.2) is 13.2 Å². The van der Waals surface area contributed by atoms with Crippen molar-refractivity contribution in [3.05, 3.63) is 29.8 Å². The molecule has 5 nitrogen and oxygen atoms in total. The van der Waals surface area contributed by atoms with Crippen LogP contribution in [0.1, 0.15) is 48.9 Å². The number of carbonyl (C=O) groups is 1. The van der Waals surface area contributed by atoms with Gasteiger partial charge in [0, 0.05) is 12.6 Å². The molecule has 3 rings (SSSR count). The molecule has 1 aliphatic carbocycles. The molecule has 2 aliphatic rings. The Bertz CT molecular complexity index is 647. The Kier molecular flexibility index (Phi) is 4.23. The SMILES string of the molecule is O=C(O)c1ccc(S(=O)(=O)N2CCCC2C2CCCC2)cc1. The number of hydrogen-bond donors (Lipinski definition) is 1. The maximum absolute atomic E-state index is 12.9. The highest BCUT2D eigenvalue weighted by atomic mass is 32.2. The fourth-order valence-electron chi connectivity index (χ4n) is 3.78. The van der Waals surface area contributed by atoms with Crippen LogP contribution in [0.3, 0.4) is 0 Å². The summed E-state index contributed by atoms with van der Waals surface area (Å²) >= 11 is 0. The molecule has 120 valence electrons. The van der Waals surface area contributed by atoms with Gasteiger partial charge in [-0.2, -0.15) is 4.31 Å². The molecule has 0 amide bonds. The Morgan fingerprint density at radius 2 is 1.68 bits per heavy atom. The smallest absolute Gasteiger partial charge is 0.335 e. The number of sulfonamides is 1. The highest BCUT2D eigenvalue weighted by molar-refractivity contribution is 7.89. The van der Waals surface area contributed by atoms with Crippen LogP contribution < -0.4 is 0 Å². The average Bonchev–Trinajstić information content (AvgIpc) is 3.18. The van der Waals surface area contributed by atoms with Crippen LogP contribution in [0.15, 0.2) is 29.2 Å². The summed E-state index contributed by atoms with van der Waals surface area (Å²) < 4.78 is 27.4. The van der Waals surface area contributed by atoms with Crippen LogP contribution in [-0.2, 0) is 10.0 Å². The van der Waals surface area contributed by atoms with Crippen LogP contribution in [-0.4, -0.2) is 36.4 Å². The molecule has 1 heterocycles. The number of aromatic carboxylic acids is 1. The lowest BCUT2D eigenvalue weighted by Crippen LogP contribution is -2.39. The van der Waals surface area contributed by atoms with Gasteiger partial charge in [-0.05, 0) is 55.9 Å². The maximum atomic E-state index is 12.9. The molecule has 1 saturated heterocycles. The number of benzene rings is 1. The number of carboxylic acid groups (broad SMARTS) is 1. The minimum absolute atomic E-state index is 0.104. The molecule has 22 heavy (non-hydrogen) atoms. The van der Waals surface area contributed by atoms with E-state index in [2.05, 4.69) is 0 Å². The molecule has 1 N–H and O–H groups in total. The summed E-state index contributed by atoms with van der Waals surface area (Å²) in [6.45, 7) is 0.574. The molecule has 0 radical (unpaired) electrons. The first kappa shape index (κ1) is 15.5. The van der Waals surface area contributed by atoms with Crippen LogP contribution in [0, 0.1) is 5.92 Å². The van der Waals surface area contributed by atoms with Crippen molar-refractivity contribution in [2.45, 2.75) is 49.5 Å². The summed E-state index contributed by atoms with van der Waals surface area (Å²) in [5.41, 5.74) is 0.104. The van der Waals surface area contributed by atoms with Crippen molar-refractivity contribution in [2.75, 3.05) is 6.54 Å². The zero-order valence-electron chi connectivity index (χ0n) is 12.4. The van der Waals surface area contributed by atoms with Gasteiger partial charge in [0.25, 0.3) is 0 Å². The Morgan fingerprint density at radius 3 is 2.27 bits per heavy atom. The summed E-state index contributed by atoms with van der Waals surface area (Å²) in [5, 5.41) is 8.92. The Labute approximate surface area is 131 Å². The van der Waals surface area contributed by atoms with Gasteiger partial charge >= 0.3 is 5.97 Å². The summed E-state index contributed by atoms with van der Waals surface area (Å²) in [7, 11) is -3.53. The van der Waals surface area contributed by atoms with E-state index in [4.69, 9.17) is 5.11 Å². The second-order valence-corrected chi connectivity index (χ2v) is 8.09. The van der Waals surface area contributed by atoms with E-state index in [1.807, 2.05) is 0 Å². The van der Waals surface area contributed by atoms with E-state index in [9.17, 15) is 13.2 Å². The van der Waals surface area contributed by atoms with Crippen molar-refractivity contribution < 1.29 is 18.3 Å². The first-order valence-corrected chi connectivity index (χ1v) is 9.29. The fraction of sp³-hybridized carbons (Fsp3) is 0.562. The van der Waals surface area contributed by atoms with Crippen LogP contribution in [0.2, 0.25) is 0 Å². The lowest BCUT2D eigenvalue weighted by molar-refractivity contribution is 0.0696. The Hall–Kier alpha value is -1.40. The topological polar surface area (TPSA) is 74.7 Å². The second kappa shape index (κ2) is 6.01. The molecule has 0 bridgehead atoms. The molecule has 6 heteroatoms. The third-order valence-corrected chi connectivity index (χ3v) is 6.84. The molecule has 0 spiro atoms. The first-order valence-electron chi connectivity index (χ1n) is 7.85. The molecule has 1 aliphatic heterocycles. The molecule has 0 aromatic heterocycles. The Morgan fingerprint density at radius 1 is 1.05 bits per heavy atom. The van der Waals surface area contributed by atoms with Crippen molar-refractivity contribution in [1.82, 2.24) is 4.31 Å². The van der Waals surface area contributed by atoms with Crippen LogP contribution >= 0.6 is 0 Å². The average molecular weight is 323 g/mol. The minimum Gasteiger partial charge on any atom is -0.478 e. The van der Waals surface area contributed by atoms with Crippen LogP contribution in [0.5, 0.6) is 0 Å². The molecular weight excluding hydrogens is 302 g/mol. The third-order valence-electron chi connectivity index (χ3n) is 4.90. The summed E-state index contributed by atoms with van der Waals surface area (Å²) in [6, 6.07) is 5.64. The van der Waals surface area contributed by atoms with Gasteiger partial charge in [0.05, 0.1) is 10.5 Å². The number of rotatable bonds is 4. The largest absolute Gasteiger partial charge is 0.478 e. The van der Waals surface area contributed by atoms with Crippen molar-refractivity contribution in [2.24, 2.45) is 5.92 Å². The third kappa shape index (κ3) is 2.77. The van der Waals surface area contributed by atoms with E-state index in [1.165, 1.54) is 37.1 Å². The van der Waals surface area contributed by atoms with Gasteiger partial charge in [0.1, 0.15) is 0 Å². The van der Waals surface area contributed by atoms with E-state index >= 15 is 0 Å². The molecular formula is C16H21NO4S.